The molecule has 12 rings (SSSR count). The van der Waals surface area contributed by atoms with Gasteiger partial charge in [-0.15, -0.1) is 0 Å². The molecule has 0 bridgehead atoms. The summed E-state index contributed by atoms with van der Waals surface area (Å²) in [5.41, 5.74) is 17.5. The second-order valence-corrected chi connectivity index (χ2v) is 16.1. The van der Waals surface area contributed by atoms with Crippen LogP contribution in [0, 0.1) is 0 Å². The molecule has 0 saturated heterocycles. The van der Waals surface area contributed by atoms with Gasteiger partial charge in [-0.25, -0.2) is 0 Å². The third-order valence-corrected chi connectivity index (χ3v) is 12.4. The highest BCUT2D eigenvalue weighted by molar-refractivity contribution is 6.12. The van der Waals surface area contributed by atoms with E-state index in [4.69, 9.17) is 4.42 Å². The summed E-state index contributed by atoms with van der Waals surface area (Å²) in [4.78, 5) is 2.40. The fourth-order valence-corrected chi connectivity index (χ4v) is 9.38. The second-order valence-electron chi connectivity index (χ2n) is 16.1. The number of fused-ring (bicyclic) bond motifs is 6. The van der Waals surface area contributed by atoms with Crippen LogP contribution in [0.3, 0.4) is 0 Å². The zero-order valence-electron chi connectivity index (χ0n) is 34.4. The molecule has 12 aromatic rings. The van der Waals surface area contributed by atoms with E-state index in [1.807, 2.05) is 6.07 Å². The van der Waals surface area contributed by atoms with Gasteiger partial charge in [-0.05, 0) is 118 Å². The molecule has 3 nitrogen and oxygen atoms in total. The molecule has 0 spiro atoms. The van der Waals surface area contributed by atoms with E-state index in [0.29, 0.717) is 0 Å². The number of furan rings is 1. The van der Waals surface area contributed by atoms with Crippen molar-refractivity contribution in [3.05, 3.63) is 243 Å². The van der Waals surface area contributed by atoms with Crippen LogP contribution in [0.4, 0.5) is 17.1 Å². The van der Waals surface area contributed by atoms with Crippen LogP contribution in [0.5, 0.6) is 0 Å². The van der Waals surface area contributed by atoms with Gasteiger partial charge in [-0.3, -0.25) is 0 Å². The van der Waals surface area contributed by atoms with E-state index in [-0.39, 0.29) is 0 Å². The minimum atomic E-state index is 0.882. The van der Waals surface area contributed by atoms with Crippen molar-refractivity contribution in [2.75, 3.05) is 4.90 Å². The monoisotopic (exact) mass is 804 g/mol. The first-order valence-electron chi connectivity index (χ1n) is 21.5. The Bertz CT molecular complexity index is 3600. The number of para-hydroxylation sites is 4. The smallest absolute Gasteiger partial charge is 0.143 e. The summed E-state index contributed by atoms with van der Waals surface area (Å²) in [5.74, 6) is 0. The van der Waals surface area contributed by atoms with Gasteiger partial charge in [0.1, 0.15) is 11.2 Å². The first-order chi connectivity index (χ1) is 31.2. The predicted octanol–water partition coefficient (Wildman–Crippen LogP) is 16.8. The molecule has 2 heterocycles. The molecule has 10 aromatic carbocycles. The molecule has 0 aliphatic carbocycles. The highest BCUT2D eigenvalue weighted by Gasteiger charge is 2.20. The lowest BCUT2D eigenvalue weighted by Gasteiger charge is -2.27. The van der Waals surface area contributed by atoms with E-state index in [2.05, 4.69) is 246 Å². The van der Waals surface area contributed by atoms with Gasteiger partial charge in [0.25, 0.3) is 0 Å². The number of aromatic nitrogens is 1. The van der Waals surface area contributed by atoms with Crippen molar-refractivity contribution >= 4 is 60.8 Å². The van der Waals surface area contributed by atoms with Crippen LogP contribution in [0.15, 0.2) is 247 Å². The molecule has 0 unspecified atom stereocenters. The standard InChI is InChI=1S/C60H40N2O/c1-4-16-41(17-5-1)43-30-33-49(34-31-43)61(50-23-14-20-44(37-50)42-18-6-2-7-19-42)51-38-46(36-47(39-51)52-26-15-27-55-54-25-11-13-29-59(54)63-60(52)55)45-32-35-58-56(40-45)53-24-10-12-28-57(53)62(58)48-21-8-3-9-22-48/h1-40H. The average Bonchev–Trinajstić information content (AvgIpc) is 3.91. The van der Waals surface area contributed by atoms with Gasteiger partial charge in [0.2, 0.25) is 0 Å². The Balaban J connectivity index is 1.11. The fraction of sp³-hybridized carbons (Fsp3) is 0. The van der Waals surface area contributed by atoms with E-state index in [9.17, 15) is 0 Å². The molecule has 0 atom stereocenters. The summed E-state index contributed by atoms with van der Waals surface area (Å²) >= 11 is 0. The summed E-state index contributed by atoms with van der Waals surface area (Å²) < 4.78 is 9.08. The highest BCUT2D eigenvalue weighted by Crippen LogP contribution is 2.44. The van der Waals surface area contributed by atoms with Crippen molar-refractivity contribution < 1.29 is 4.42 Å². The van der Waals surface area contributed by atoms with E-state index >= 15 is 0 Å². The van der Waals surface area contributed by atoms with Crippen molar-refractivity contribution in [1.29, 1.82) is 0 Å². The van der Waals surface area contributed by atoms with Crippen molar-refractivity contribution in [3.63, 3.8) is 0 Å². The highest BCUT2D eigenvalue weighted by atomic mass is 16.3. The lowest BCUT2D eigenvalue weighted by Crippen LogP contribution is -2.10. The third kappa shape index (κ3) is 6.46. The minimum Gasteiger partial charge on any atom is -0.455 e. The van der Waals surface area contributed by atoms with Crippen molar-refractivity contribution in [2.45, 2.75) is 0 Å². The number of hydrogen-bond donors (Lipinski definition) is 0. The summed E-state index contributed by atoms with van der Waals surface area (Å²) in [6.45, 7) is 0. The molecule has 3 heteroatoms. The predicted molar refractivity (Wildman–Crippen MR) is 264 cm³/mol. The van der Waals surface area contributed by atoms with Crippen LogP contribution < -0.4 is 4.90 Å². The Labute approximate surface area is 366 Å². The van der Waals surface area contributed by atoms with Crippen molar-refractivity contribution in [1.82, 2.24) is 4.57 Å². The maximum atomic E-state index is 6.71. The summed E-state index contributed by atoms with van der Waals surface area (Å²) in [7, 11) is 0. The lowest BCUT2D eigenvalue weighted by molar-refractivity contribution is 0.670. The first kappa shape index (κ1) is 36.5. The summed E-state index contributed by atoms with van der Waals surface area (Å²) in [5, 5.41) is 4.65. The minimum absolute atomic E-state index is 0.882. The molecule has 0 amide bonds. The Morgan fingerprint density at radius 1 is 0.302 bits per heavy atom. The summed E-state index contributed by atoms with van der Waals surface area (Å²) in [6, 6.07) is 87.2. The van der Waals surface area contributed by atoms with Crippen molar-refractivity contribution in [2.24, 2.45) is 0 Å². The van der Waals surface area contributed by atoms with Gasteiger partial charge in [0, 0.05) is 49.9 Å². The molecule has 296 valence electrons. The van der Waals surface area contributed by atoms with E-state index in [0.717, 1.165) is 72.5 Å². The molecule has 0 aliphatic heterocycles. The Hall–Kier alpha value is -8.40. The molecule has 0 N–H and O–H groups in total. The third-order valence-electron chi connectivity index (χ3n) is 12.4. The Morgan fingerprint density at radius 3 is 1.65 bits per heavy atom. The largest absolute Gasteiger partial charge is 0.455 e. The molecule has 0 saturated carbocycles. The quantitative estimate of drug-likeness (QED) is 0.153. The maximum Gasteiger partial charge on any atom is 0.143 e. The lowest BCUT2D eigenvalue weighted by atomic mass is 9.95. The number of hydrogen-bond acceptors (Lipinski definition) is 2. The summed E-state index contributed by atoms with van der Waals surface area (Å²) in [6.07, 6.45) is 0. The molecule has 63 heavy (non-hydrogen) atoms. The van der Waals surface area contributed by atoms with Crippen LogP contribution in [-0.2, 0) is 0 Å². The van der Waals surface area contributed by atoms with Crippen LogP contribution in [0.25, 0.3) is 93.9 Å². The zero-order valence-corrected chi connectivity index (χ0v) is 34.4. The average molecular weight is 805 g/mol. The van der Waals surface area contributed by atoms with Crippen LogP contribution >= 0.6 is 0 Å². The molecular formula is C60H40N2O. The van der Waals surface area contributed by atoms with Gasteiger partial charge >= 0.3 is 0 Å². The van der Waals surface area contributed by atoms with E-state index in [1.54, 1.807) is 0 Å². The van der Waals surface area contributed by atoms with Gasteiger partial charge in [-0.1, -0.05) is 164 Å². The first-order valence-corrected chi connectivity index (χ1v) is 21.5. The van der Waals surface area contributed by atoms with Gasteiger partial charge in [0.15, 0.2) is 0 Å². The van der Waals surface area contributed by atoms with E-state index < -0.39 is 0 Å². The number of anilines is 3. The Morgan fingerprint density at radius 2 is 0.857 bits per heavy atom. The normalized spacial score (nSPS) is 11.5. The fourth-order valence-electron chi connectivity index (χ4n) is 9.38. The molecule has 0 fully saturated rings. The maximum absolute atomic E-state index is 6.71. The van der Waals surface area contributed by atoms with Gasteiger partial charge < -0.3 is 13.9 Å². The number of benzene rings is 10. The van der Waals surface area contributed by atoms with E-state index in [1.165, 1.54) is 38.5 Å². The second kappa shape index (κ2) is 15.3. The topological polar surface area (TPSA) is 21.3 Å². The molecule has 0 radical (unpaired) electrons. The molecule has 0 aliphatic rings. The van der Waals surface area contributed by atoms with Gasteiger partial charge in [-0.2, -0.15) is 0 Å². The van der Waals surface area contributed by atoms with Gasteiger partial charge in [0.05, 0.1) is 11.0 Å². The molecule has 2 aromatic heterocycles. The number of rotatable bonds is 8. The zero-order chi connectivity index (χ0) is 41.7. The van der Waals surface area contributed by atoms with Crippen LogP contribution in [-0.4, -0.2) is 4.57 Å². The molecular weight excluding hydrogens is 765 g/mol. The van der Waals surface area contributed by atoms with Crippen molar-refractivity contribution in [3.8, 4) is 50.2 Å². The number of nitrogens with zero attached hydrogens (tertiary/aromatic N) is 2. The van der Waals surface area contributed by atoms with Crippen LogP contribution in [0.2, 0.25) is 0 Å². The Kier molecular flexibility index (Phi) is 8.83. The van der Waals surface area contributed by atoms with Crippen LogP contribution in [0.1, 0.15) is 0 Å². The SMILES string of the molecule is c1ccc(-c2ccc(N(c3cccc(-c4ccccc4)c3)c3cc(-c4ccc5c(c4)c4ccccc4n5-c4ccccc4)cc(-c4cccc5c4oc4ccccc45)c3)cc2)cc1.